The van der Waals surface area contributed by atoms with E-state index in [0.29, 0.717) is 35.3 Å². The highest BCUT2D eigenvalue weighted by Gasteiger charge is 2.29. The highest BCUT2D eigenvalue weighted by atomic mass is 35.5. The largest absolute Gasteiger partial charge is 0.310 e. The predicted molar refractivity (Wildman–Crippen MR) is 120 cm³/mol. The summed E-state index contributed by atoms with van der Waals surface area (Å²) in [5.41, 5.74) is 2.23. The maximum atomic E-state index is 12.5. The molecule has 0 unspecified atom stereocenters. The van der Waals surface area contributed by atoms with E-state index in [1.54, 1.807) is 27.5 Å². The molecule has 2 aliphatic rings. The molecule has 0 spiro atoms. The Hall–Kier alpha value is -3.06. The van der Waals surface area contributed by atoms with Gasteiger partial charge in [0.15, 0.2) is 5.69 Å². The number of hydrogen-bond acceptors (Lipinski definition) is 7. The first kappa shape index (κ1) is 20.8. The van der Waals surface area contributed by atoms with Gasteiger partial charge in [-0.1, -0.05) is 11.6 Å². The van der Waals surface area contributed by atoms with Crippen LogP contribution in [-0.4, -0.2) is 49.7 Å². The molecule has 0 bridgehead atoms. The topological polar surface area (TPSA) is 109 Å². The van der Waals surface area contributed by atoms with Crippen LogP contribution < -0.4 is 16.4 Å². The quantitative estimate of drug-likeness (QED) is 0.622. The summed E-state index contributed by atoms with van der Waals surface area (Å²) in [5, 5.41) is 12.9. The van der Waals surface area contributed by atoms with Crippen molar-refractivity contribution in [1.82, 2.24) is 29.3 Å². The molecule has 1 saturated heterocycles. The van der Waals surface area contributed by atoms with E-state index < -0.39 is 0 Å². The molecule has 3 aromatic rings. The average molecular weight is 452 g/mol. The Labute approximate surface area is 188 Å². The second kappa shape index (κ2) is 8.47. The smallest absolute Gasteiger partial charge is 0.270 e. The van der Waals surface area contributed by atoms with Crippen molar-refractivity contribution in [2.45, 2.75) is 38.0 Å². The van der Waals surface area contributed by atoms with Crippen LogP contribution in [0.4, 0.5) is 0 Å². The summed E-state index contributed by atoms with van der Waals surface area (Å²) in [4.78, 5) is 35.5. The highest BCUT2D eigenvalue weighted by molar-refractivity contribution is 6.31. The monoisotopic (exact) mass is 451 g/mol. The van der Waals surface area contributed by atoms with Crippen molar-refractivity contribution in [1.29, 1.82) is 5.26 Å². The molecule has 32 heavy (non-hydrogen) atoms. The van der Waals surface area contributed by atoms with Gasteiger partial charge in [-0.2, -0.15) is 5.26 Å². The molecule has 0 saturated carbocycles. The first-order chi connectivity index (χ1) is 15.5. The molecule has 3 aromatic heterocycles. The zero-order valence-corrected chi connectivity index (χ0v) is 18.1. The Kier molecular flexibility index (Phi) is 5.51. The van der Waals surface area contributed by atoms with Crippen LogP contribution in [0, 0.1) is 11.3 Å². The van der Waals surface area contributed by atoms with Crippen LogP contribution in [0.3, 0.4) is 0 Å². The van der Waals surface area contributed by atoms with Crippen LogP contribution in [0.25, 0.3) is 11.2 Å². The standard InChI is InChI=1S/C22H22ClN7O2/c23-17-7-14(10-26-19(17)8-24)9-25-15-3-5-28(6-4-15)12-16-13-29-20(31)2-1-18-22(29)30(16)21(32)11-27-18/h1-2,7,10-11,15-16,25H,3-6,9,12-13H2/t16-/m1/s1. The third kappa shape index (κ3) is 3.81. The molecule has 2 aliphatic heterocycles. The fraction of sp³-hybridized carbons (Fsp3) is 0.409. The van der Waals surface area contributed by atoms with Crippen molar-refractivity contribution in [3.63, 3.8) is 0 Å². The van der Waals surface area contributed by atoms with Gasteiger partial charge in [-0.3, -0.25) is 18.7 Å². The molecule has 9 nitrogen and oxygen atoms in total. The number of nitrogens with one attached hydrogen (secondary N) is 1. The molecule has 0 aromatic carbocycles. The number of rotatable bonds is 5. The minimum Gasteiger partial charge on any atom is -0.310 e. The molecule has 5 rings (SSSR count). The summed E-state index contributed by atoms with van der Waals surface area (Å²) in [7, 11) is 0. The predicted octanol–water partition coefficient (Wildman–Crippen LogP) is 1.29. The van der Waals surface area contributed by atoms with E-state index in [0.717, 1.165) is 38.0 Å². The van der Waals surface area contributed by atoms with Gasteiger partial charge >= 0.3 is 0 Å². The van der Waals surface area contributed by atoms with Gasteiger partial charge in [0, 0.05) is 37.9 Å². The second-order valence-electron chi connectivity index (χ2n) is 8.35. The molecule has 1 N–H and O–H groups in total. The number of hydrogen-bond donors (Lipinski definition) is 1. The fourth-order valence-corrected chi connectivity index (χ4v) is 4.93. The lowest BCUT2D eigenvalue weighted by Crippen LogP contribution is -2.44. The minimum atomic E-state index is -0.161. The van der Waals surface area contributed by atoms with Gasteiger partial charge in [0.1, 0.15) is 17.2 Å². The Morgan fingerprint density at radius 3 is 2.72 bits per heavy atom. The Balaban J connectivity index is 1.20. The third-order valence-corrected chi connectivity index (χ3v) is 6.62. The summed E-state index contributed by atoms with van der Waals surface area (Å²) < 4.78 is 3.40. The molecular weight excluding hydrogens is 430 g/mol. The van der Waals surface area contributed by atoms with E-state index in [1.807, 2.05) is 6.07 Å². The molecule has 164 valence electrons. The summed E-state index contributed by atoms with van der Waals surface area (Å²) in [5.74, 6) is 0. The van der Waals surface area contributed by atoms with Crippen molar-refractivity contribution >= 4 is 22.8 Å². The van der Waals surface area contributed by atoms with Crippen molar-refractivity contribution in [3.05, 3.63) is 67.6 Å². The number of piperidine rings is 1. The van der Waals surface area contributed by atoms with Gasteiger partial charge in [0.25, 0.3) is 11.1 Å². The van der Waals surface area contributed by atoms with Crippen LogP contribution in [0.1, 0.15) is 30.1 Å². The first-order valence-corrected chi connectivity index (χ1v) is 11.0. The van der Waals surface area contributed by atoms with Gasteiger partial charge in [-0.05, 0) is 43.6 Å². The molecule has 5 heterocycles. The number of nitriles is 1. The highest BCUT2D eigenvalue weighted by Crippen LogP contribution is 2.24. The molecular formula is C22H22ClN7O2. The van der Waals surface area contributed by atoms with E-state index in [-0.39, 0.29) is 22.9 Å². The lowest BCUT2D eigenvalue weighted by molar-refractivity contribution is 0.171. The number of halogens is 1. The Morgan fingerprint density at radius 1 is 1.16 bits per heavy atom. The number of pyridine rings is 2. The van der Waals surface area contributed by atoms with E-state index in [1.165, 1.54) is 12.3 Å². The van der Waals surface area contributed by atoms with Crippen LogP contribution in [-0.2, 0) is 13.1 Å². The van der Waals surface area contributed by atoms with Crippen LogP contribution in [0.15, 0.2) is 40.2 Å². The summed E-state index contributed by atoms with van der Waals surface area (Å²) >= 11 is 6.07. The summed E-state index contributed by atoms with van der Waals surface area (Å²) in [6.45, 7) is 3.70. The number of likely N-dealkylation sites (tertiary alicyclic amines) is 1. The van der Waals surface area contributed by atoms with Crippen molar-refractivity contribution < 1.29 is 0 Å². The average Bonchev–Trinajstić information content (AvgIpc) is 3.19. The van der Waals surface area contributed by atoms with Gasteiger partial charge in [-0.25, -0.2) is 9.97 Å². The van der Waals surface area contributed by atoms with E-state index in [4.69, 9.17) is 16.9 Å². The van der Waals surface area contributed by atoms with Crippen LogP contribution >= 0.6 is 11.6 Å². The van der Waals surface area contributed by atoms with E-state index in [9.17, 15) is 9.59 Å². The first-order valence-electron chi connectivity index (χ1n) is 10.6. The molecule has 0 aliphatic carbocycles. The fourth-order valence-electron chi connectivity index (χ4n) is 4.70. The van der Waals surface area contributed by atoms with Crippen molar-refractivity contribution in [2.75, 3.05) is 19.6 Å². The van der Waals surface area contributed by atoms with E-state index >= 15 is 0 Å². The maximum Gasteiger partial charge on any atom is 0.270 e. The lowest BCUT2D eigenvalue weighted by Gasteiger charge is -2.34. The van der Waals surface area contributed by atoms with Crippen LogP contribution in [0.5, 0.6) is 0 Å². The van der Waals surface area contributed by atoms with Gasteiger partial charge in [0.05, 0.1) is 17.3 Å². The summed E-state index contributed by atoms with van der Waals surface area (Å²) in [6.07, 6.45) is 4.99. The molecule has 0 radical (unpaired) electrons. The van der Waals surface area contributed by atoms with Gasteiger partial charge in [-0.15, -0.1) is 0 Å². The SMILES string of the molecule is N#Cc1ncc(CNC2CCN(C[C@@H]3Cn4c(=O)ccc5ncc(=O)n3c54)CC2)cc1Cl. The lowest BCUT2D eigenvalue weighted by atomic mass is 10.0. The molecule has 0 amide bonds. The van der Waals surface area contributed by atoms with Gasteiger partial charge in [0.2, 0.25) is 0 Å². The summed E-state index contributed by atoms with van der Waals surface area (Å²) in [6, 6.07) is 7.25. The maximum absolute atomic E-state index is 12.5. The second-order valence-corrected chi connectivity index (χ2v) is 8.76. The molecule has 1 fully saturated rings. The van der Waals surface area contributed by atoms with Gasteiger partial charge < -0.3 is 10.2 Å². The van der Waals surface area contributed by atoms with Crippen LogP contribution in [0.2, 0.25) is 5.02 Å². The normalized spacial score (nSPS) is 18.8. The van der Waals surface area contributed by atoms with Crippen molar-refractivity contribution in [3.8, 4) is 6.07 Å². The number of nitrogens with zero attached hydrogens (tertiary/aromatic N) is 6. The molecule has 1 atom stereocenters. The Bertz CT molecular complexity index is 1330. The third-order valence-electron chi connectivity index (χ3n) is 6.33. The van der Waals surface area contributed by atoms with Crippen molar-refractivity contribution in [2.24, 2.45) is 0 Å². The number of aromatic nitrogens is 4. The Morgan fingerprint density at radius 2 is 1.97 bits per heavy atom. The molecule has 10 heteroatoms. The zero-order chi connectivity index (χ0) is 22.2. The minimum absolute atomic E-state index is 0.0699. The van der Waals surface area contributed by atoms with E-state index in [2.05, 4.69) is 20.2 Å². The zero-order valence-electron chi connectivity index (χ0n) is 17.4.